The quantitative estimate of drug-likeness (QED) is 0.397. The number of esters is 1. The zero-order valence-electron chi connectivity index (χ0n) is 16.2. The summed E-state index contributed by atoms with van der Waals surface area (Å²) in [5, 5.41) is 14.8. The number of hydrogen-bond acceptors (Lipinski definition) is 6. The van der Waals surface area contributed by atoms with E-state index < -0.39 is 35.5 Å². The Kier molecular flexibility index (Phi) is 6.14. The second kappa shape index (κ2) is 7.84. The SMILES string of the molecule is CCC(C)[C@@H]1C(=O)O[C@@H]1C(=O)NC[C@@H]1C[C@@H]1[C@](C)(NC(=O)[C@H](C)N)C(=O)O. The number of carbonyl (C=O) groups excluding carboxylic acids is 3. The summed E-state index contributed by atoms with van der Waals surface area (Å²) in [5.41, 5.74) is 4.07. The van der Waals surface area contributed by atoms with E-state index in [1.54, 1.807) is 0 Å². The minimum absolute atomic E-state index is 0.0550. The van der Waals surface area contributed by atoms with Crippen LogP contribution in [0.2, 0.25) is 0 Å². The zero-order valence-corrected chi connectivity index (χ0v) is 16.2. The number of nitrogens with one attached hydrogen (secondary N) is 2. The molecule has 2 amide bonds. The van der Waals surface area contributed by atoms with Gasteiger partial charge in [-0.3, -0.25) is 14.4 Å². The Morgan fingerprint density at radius 3 is 2.48 bits per heavy atom. The van der Waals surface area contributed by atoms with Crippen LogP contribution in [0.4, 0.5) is 0 Å². The first kappa shape index (κ1) is 21.1. The maximum Gasteiger partial charge on any atom is 0.329 e. The summed E-state index contributed by atoms with van der Waals surface area (Å²) in [5.74, 6) is -3.16. The van der Waals surface area contributed by atoms with Crippen molar-refractivity contribution in [1.82, 2.24) is 10.6 Å². The van der Waals surface area contributed by atoms with E-state index in [2.05, 4.69) is 10.6 Å². The third-order valence-corrected chi connectivity index (χ3v) is 5.80. The molecule has 7 atom stereocenters. The topological polar surface area (TPSA) is 148 Å². The third kappa shape index (κ3) is 4.23. The number of hydrogen-bond donors (Lipinski definition) is 4. The van der Waals surface area contributed by atoms with Crippen molar-refractivity contribution in [1.29, 1.82) is 0 Å². The number of carbonyl (C=O) groups is 4. The maximum absolute atomic E-state index is 12.3. The van der Waals surface area contributed by atoms with Gasteiger partial charge in [-0.2, -0.15) is 0 Å². The number of rotatable bonds is 9. The van der Waals surface area contributed by atoms with Crippen molar-refractivity contribution < 1.29 is 29.0 Å². The van der Waals surface area contributed by atoms with Crippen LogP contribution < -0.4 is 16.4 Å². The van der Waals surface area contributed by atoms with Gasteiger partial charge in [0.05, 0.1) is 6.04 Å². The number of nitrogens with two attached hydrogens (primary N) is 1. The Morgan fingerprint density at radius 2 is 2.00 bits per heavy atom. The van der Waals surface area contributed by atoms with E-state index in [4.69, 9.17) is 10.5 Å². The van der Waals surface area contributed by atoms with Crippen molar-refractivity contribution in [3.05, 3.63) is 0 Å². The van der Waals surface area contributed by atoms with E-state index in [9.17, 15) is 24.3 Å². The van der Waals surface area contributed by atoms with E-state index in [1.807, 2.05) is 13.8 Å². The highest BCUT2D eigenvalue weighted by Crippen LogP contribution is 2.46. The second-order valence-corrected chi connectivity index (χ2v) is 7.90. The molecule has 0 aromatic rings. The minimum Gasteiger partial charge on any atom is -0.480 e. The Bertz CT molecular complexity index is 637. The number of cyclic esters (lactones) is 1. The molecule has 1 unspecified atom stereocenters. The number of carboxylic acids is 1. The van der Waals surface area contributed by atoms with E-state index in [0.717, 1.165) is 6.42 Å². The largest absolute Gasteiger partial charge is 0.480 e. The van der Waals surface area contributed by atoms with Crippen molar-refractivity contribution >= 4 is 23.8 Å². The molecule has 0 radical (unpaired) electrons. The monoisotopic (exact) mass is 383 g/mol. The van der Waals surface area contributed by atoms with Gasteiger partial charge in [0.1, 0.15) is 11.5 Å². The van der Waals surface area contributed by atoms with E-state index >= 15 is 0 Å². The minimum atomic E-state index is -1.44. The lowest BCUT2D eigenvalue weighted by molar-refractivity contribution is -0.193. The molecule has 5 N–H and O–H groups in total. The molecule has 0 aromatic carbocycles. The van der Waals surface area contributed by atoms with Crippen LogP contribution in [0.25, 0.3) is 0 Å². The molecule has 0 bridgehead atoms. The van der Waals surface area contributed by atoms with E-state index in [1.165, 1.54) is 13.8 Å². The number of carboxylic acid groups (broad SMARTS) is 1. The predicted octanol–water partition coefficient (Wildman–Crippen LogP) is -0.367. The van der Waals surface area contributed by atoms with Gasteiger partial charge >= 0.3 is 11.9 Å². The molecular weight excluding hydrogens is 354 g/mol. The summed E-state index contributed by atoms with van der Waals surface area (Å²) in [7, 11) is 0. The lowest BCUT2D eigenvalue weighted by Gasteiger charge is -2.37. The van der Waals surface area contributed by atoms with Crippen LogP contribution in [0.5, 0.6) is 0 Å². The van der Waals surface area contributed by atoms with Crippen molar-refractivity contribution in [2.75, 3.05) is 6.54 Å². The summed E-state index contributed by atoms with van der Waals surface area (Å²) < 4.78 is 4.98. The average molecular weight is 383 g/mol. The standard InChI is InChI=1S/C18H29N3O6/c1-5-8(2)12-13(27-16(12)24)15(23)20-7-10-6-11(10)18(4,17(25)26)21-14(22)9(3)19/h8-13H,5-7,19H2,1-4H3,(H,20,23)(H,21,22)(H,25,26)/t8?,9-,10-,11-,12-,13-,18-/m0/s1. The van der Waals surface area contributed by atoms with Gasteiger partial charge < -0.3 is 26.2 Å². The molecule has 1 saturated heterocycles. The Morgan fingerprint density at radius 1 is 1.37 bits per heavy atom. The first-order chi connectivity index (χ1) is 12.5. The molecule has 1 aliphatic carbocycles. The zero-order chi connectivity index (χ0) is 20.5. The van der Waals surface area contributed by atoms with Crippen LogP contribution in [-0.4, -0.2) is 53.1 Å². The number of aliphatic carboxylic acids is 1. The summed E-state index contributed by atoms with van der Waals surface area (Å²) in [6, 6.07) is -0.814. The lowest BCUT2D eigenvalue weighted by Crippen LogP contribution is -2.58. The molecule has 1 saturated carbocycles. The fourth-order valence-corrected chi connectivity index (χ4v) is 3.52. The Balaban J connectivity index is 1.89. The van der Waals surface area contributed by atoms with Crippen molar-refractivity contribution in [3.8, 4) is 0 Å². The van der Waals surface area contributed by atoms with Crippen molar-refractivity contribution in [2.24, 2.45) is 29.4 Å². The van der Waals surface area contributed by atoms with Crippen LogP contribution in [0.3, 0.4) is 0 Å². The molecule has 2 rings (SSSR count). The van der Waals surface area contributed by atoms with Gasteiger partial charge in [-0.05, 0) is 38.0 Å². The molecule has 2 aliphatic rings. The Hall–Kier alpha value is -2.16. The van der Waals surface area contributed by atoms with Gasteiger partial charge in [-0.25, -0.2) is 4.79 Å². The molecule has 1 heterocycles. The second-order valence-electron chi connectivity index (χ2n) is 7.90. The van der Waals surface area contributed by atoms with Gasteiger partial charge in [-0.1, -0.05) is 20.3 Å². The van der Waals surface area contributed by atoms with Crippen molar-refractivity contribution in [2.45, 2.75) is 58.2 Å². The predicted molar refractivity (Wildman–Crippen MR) is 95.3 cm³/mol. The van der Waals surface area contributed by atoms with Crippen LogP contribution >= 0.6 is 0 Å². The van der Waals surface area contributed by atoms with E-state index in [-0.39, 0.29) is 36.2 Å². The first-order valence-corrected chi connectivity index (χ1v) is 9.32. The average Bonchev–Trinajstić information content (AvgIpc) is 3.37. The molecule has 0 aromatic heterocycles. The fourth-order valence-electron chi connectivity index (χ4n) is 3.52. The highest BCUT2D eigenvalue weighted by atomic mass is 16.6. The third-order valence-electron chi connectivity index (χ3n) is 5.80. The summed E-state index contributed by atoms with van der Waals surface area (Å²) in [6.45, 7) is 7.05. The molecule has 2 fully saturated rings. The van der Waals surface area contributed by atoms with Crippen LogP contribution in [0.15, 0.2) is 0 Å². The highest BCUT2D eigenvalue weighted by Gasteiger charge is 2.56. The van der Waals surface area contributed by atoms with Gasteiger partial charge in [-0.15, -0.1) is 0 Å². The maximum atomic E-state index is 12.3. The van der Waals surface area contributed by atoms with Crippen molar-refractivity contribution in [3.63, 3.8) is 0 Å². The van der Waals surface area contributed by atoms with Gasteiger partial charge in [0.2, 0.25) is 5.91 Å². The molecule has 27 heavy (non-hydrogen) atoms. The number of amides is 2. The van der Waals surface area contributed by atoms with Crippen LogP contribution in [0.1, 0.15) is 40.5 Å². The molecule has 9 nitrogen and oxygen atoms in total. The molecule has 9 heteroatoms. The molecular formula is C18H29N3O6. The molecule has 1 aliphatic heterocycles. The lowest BCUT2D eigenvalue weighted by atomic mass is 9.83. The summed E-state index contributed by atoms with van der Waals surface area (Å²) in [6.07, 6.45) is 0.541. The van der Waals surface area contributed by atoms with Gasteiger partial charge in [0, 0.05) is 6.54 Å². The smallest absolute Gasteiger partial charge is 0.329 e. The highest BCUT2D eigenvalue weighted by molar-refractivity contribution is 5.94. The number of ether oxygens (including phenoxy) is 1. The van der Waals surface area contributed by atoms with E-state index in [0.29, 0.717) is 6.42 Å². The first-order valence-electron chi connectivity index (χ1n) is 9.32. The molecule has 0 spiro atoms. The van der Waals surface area contributed by atoms with Gasteiger partial charge in [0.15, 0.2) is 6.10 Å². The summed E-state index contributed by atoms with van der Waals surface area (Å²) >= 11 is 0. The van der Waals surface area contributed by atoms with Crippen LogP contribution in [-0.2, 0) is 23.9 Å². The molecule has 152 valence electrons. The fraction of sp³-hybridized carbons (Fsp3) is 0.778. The Labute approximate surface area is 158 Å². The van der Waals surface area contributed by atoms with Gasteiger partial charge in [0.25, 0.3) is 5.91 Å². The normalized spacial score (nSPS) is 30.8. The van der Waals surface area contributed by atoms with Crippen LogP contribution in [0, 0.1) is 23.7 Å². The summed E-state index contributed by atoms with van der Waals surface area (Å²) in [4.78, 5) is 47.4.